The van der Waals surface area contributed by atoms with Crippen molar-refractivity contribution in [2.45, 2.75) is 64.8 Å². The average Bonchev–Trinajstić information content (AvgIpc) is 3.68. The van der Waals surface area contributed by atoms with Gasteiger partial charge in [-0.15, -0.1) is 0 Å². The van der Waals surface area contributed by atoms with Gasteiger partial charge in [0.1, 0.15) is 11.6 Å². The molecule has 48 heavy (non-hydrogen) atoms. The van der Waals surface area contributed by atoms with Gasteiger partial charge < -0.3 is 24.9 Å². The standard InChI is InChI=1S/C37H34N6O5/c1-37(2,3)48-36(47)41-25(16-19-7-5-13-38-17-19)33(44)39-18-20-11-12-22-24(15-20)40-30-26(22)28-29(35(46)42-34(28)45)27-23-10-4-8-21-9-6-14-43(31(21)23)32(27)30/h4-5,7-8,10-13,15,17,25,40H,6,9,14,16,18H2,1-3H3,(H,39,44)(H,41,47)(H,42,45,46). The number of aromatic amines is 1. The zero-order valence-corrected chi connectivity index (χ0v) is 26.8. The van der Waals surface area contributed by atoms with Gasteiger partial charge in [0.25, 0.3) is 11.8 Å². The Kier molecular flexibility index (Phi) is 6.76. The molecule has 4 N–H and O–H groups in total. The third-order valence-electron chi connectivity index (χ3n) is 9.16. The Hall–Kier alpha value is -5.71. The van der Waals surface area contributed by atoms with Crippen molar-refractivity contribution in [1.82, 2.24) is 30.5 Å². The molecule has 0 spiro atoms. The number of hydrogen-bond acceptors (Lipinski definition) is 6. The number of imide groups is 1. The Labute approximate surface area is 275 Å². The second kappa shape index (κ2) is 10.9. The summed E-state index contributed by atoms with van der Waals surface area (Å²) in [7, 11) is 0. The van der Waals surface area contributed by atoms with Crippen LogP contribution in [0.1, 0.15) is 64.6 Å². The molecule has 11 nitrogen and oxygen atoms in total. The van der Waals surface area contributed by atoms with Crippen LogP contribution in [0.3, 0.4) is 0 Å². The summed E-state index contributed by atoms with van der Waals surface area (Å²) in [5.41, 5.74) is 6.58. The number of nitrogens with zero attached hydrogens (tertiary/aromatic N) is 2. The minimum absolute atomic E-state index is 0.194. The number of aromatic nitrogens is 3. The van der Waals surface area contributed by atoms with E-state index in [2.05, 4.69) is 36.6 Å². The smallest absolute Gasteiger partial charge is 0.408 e. The lowest BCUT2D eigenvalue weighted by Crippen LogP contribution is -2.49. The molecule has 1 atom stereocenters. The van der Waals surface area contributed by atoms with E-state index in [0.717, 1.165) is 74.1 Å². The van der Waals surface area contributed by atoms with Crippen molar-refractivity contribution in [3.8, 4) is 0 Å². The number of carbonyl (C=O) groups excluding carboxylic acids is 4. The second-order valence-corrected chi connectivity index (χ2v) is 13.6. The quantitative estimate of drug-likeness (QED) is 0.179. The van der Waals surface area contributed by atoms with Crippen molar-refractivity contribution in [1.29, 1.82) is 0 Å². The largest absolute Gasteiger partial charge is 0.444 e. The number of nitrogens with one attached hydrogen (secondary N) is 4. The number of para-hydroxylation sites is 1. The molecule has 0 radical (unpaired) electrons. The Bertz CT molecular complexity index is 2350. The average molecular weight is 643 g/mol. The number of pyridine rings is 1. The third-order valence-corrected chi connectivity index (χ3v) is 9.16. The molecule has 5 heterocycles. The van der Waals surface area contributed by atoms with E-state index in [-0.39, 0.29) is 24.8 Å². The highest BCUT2D eigenvalue weighted by molar-refractivity contribution is 6.39. The Morgan fingerprint density at radius 1 is 0.979 bits per heavy atom. The Morgan fingerprint density at radius 2 is 1.79 bits per heavy atom. The number of carbonyl (C=O) groups is 4. The van der Waals surface area contributed by atoms with E-state index in [9.17, 15) is 19.2 Å². The first-order valence-corrected chi connectivity index (χ1v) is 16.1. The molecular formula is C37H34N6O5. The summed E-state index contributed by atoms with van der Waals surface area (Å²) >= 11 is 0. The molecule has 1 unspecified atom stereocenters. The zero-order chi connectivity index (χ0) is 33.3. The second-order valence-electron chi connectivity index (χ2n) is 13.6. The summed E-state index contributed by atoms with van der Waals surface area (Å²) in [4.78, 5) is 60.4. The van der Waals surface area contributed by atoms with Gasteiger partial charge in [0.2, 0.25) is 5.91 Å². The number of amides is 4. The summed E-state index contributed by atoms with van der Waals surface area (Å²) in [6.45, 7) is 6.29. The fraction of sp³-hybridized carbons (Fsp3) is 0.270. The van der Waals surface area contributed by atoms with Crippen LogP contribution in [0.15, 0.2) is 60.9 Å². The molecule has 8 rings (SSSR count). The van der Waals surface area contributed by atoms with Gasteiger partial charge in [-0.1, -0.05) is 36.4 Å². The van der Waals surface area contributed by atoms with Crippen molar-refractivity contribution in [3.05, 3.63) is 88.7 Å². The van der Waals surface area contributed by atoms with Gasteiger partial charge >= 0.3 is 6.09 Å². The maximum Gasteiger partial charge on any atom is 0.408 e. The van der Waals surface area contributed by atoms with Crippen LogP contribution in [0.2, 0.25) is 0 Å². The monoisotopic (exact) mass is 642 g/mol. The molecule has 0 saturated carbocycles. The molecule has 3 aromatic carbocycles. The minimum atomic E-state index is -0.891. The van der Waals surface area contributed by atoms with Crippen LogP contribution in [-0.2, 0) is 35.5 Å². The summed E-state index contributed by atoms with van der Waals surface area (Å²) in [6.07, 6.45) is 4.80. The molecule has 11 heteroatoms. The van der Waals surface area contributed by atoms with E-state index in [1.54, 1.807) is 39.2 Å². The summed E-state index contributed by atoms with van der Waals surface area (Å²) in [5, 5.41) is 11.5. The SMILES string of the molecule is CC(C)(C)OC(=O)NC(Cc1cccnc1)C(=O)NCc1ccc2c(c1)[nH]c1c2c2c(c3c4cccc5c4n(c13)CCC5)C(=O)NC2=O. The highest BCUT2D eigenvalue weighted by atomic mass is 16.6. The first-order valence-electron chi connectivity index (χ1n) is 16.1. The molecule has 242 valence electrons. The van der Waals surface area contributed by atoms with Crippen LogP contribution < -0.4 is 16.0 Å². The van der Waals surface area contributed by atoms with Crippen molar-refractivity contribution >= 4 is 67.4 Å². The van der Waals surface area contributed by atoms with Crippen LogP contribution in [0.5, 0.6) is 0 Å². The number of alkyl carbamates (subject to hydrolysis) is 1. The van der Waals surface area contributed by atoms with Gasteiger partial charge in [-0.3, -0.25) is 24.7 Å². The third kappa shape index (κ3) is 4.85. The molecule has 0 bridgehead atoms. The molecule has 2 aliphatic rings. The van der Waals surface area contributed by atoms with Crippen LogP contribution in [0, 0.1) is 0 Å². The van der Waals surface area contributed by atoms with Gasteiger partial charge in [0.05, 0.1) is 27.7 Å². The number of benzene rings is 3. The normalized spacial score (nSPS) is 14.8. The summed E-state index contributed by atoms with van der Waals surface area (Å²) in [5.74, 6) is -1.14. The first-order chi connectivity index (χ1) is 23.1. The number of rotatable bonds is 6. The lowest BCUT2D eigenvalue weighted by atomic mass is 9.96. The fourth-order valence-corrected chi connectivity index (χ4v) is 7.30. The molecular weight excluding hydrogens is 608 g/mol. The van der Waals surface area contributed by atoms with Gasteiger partial charge in [-0.05, 0) is 62.4 Å². The molecule has 2 aliphatic heterocycles. The van der Waals surface area contributed by atoms with E-state index in [1.165, 1.54) is 5.56 Å². The topological polar surface area (TPSA) is 147 Å². The maximum absolute atomic E-state index is 13.5. The van der Waals surface area contributed by atoms with Crippen LogP contribution in [0.4, 0.5) is 4.79 Å². The molecule has 0 fully saturated rings. The van der Waals surface area contributed by atoms with Crippen LogP contribution >= 0.6 is 0 Å². The van der Waals surface area contributed by atoms with E-state index in [1.807, 2.05) is 36.4 Å². The maximum atomic E-state index is 13.5. The number of ether oxygens (including phenoxy) is 1. The lowest BCUT2D eigenvalue weighted by molar-refractivity contribution is -0.123. The highest BCUT2D eigenvalue weighted by Gasteiger charge is 2.36. The Morgan fingerprint density at radius 3 is 2.56 bits per heavy atom. The Balaban J connectivity index is 1.17. The van der Waals surface area contributed by atoms with Crippen molar-refractivity contribution < 1.29 is 23.9 Å². The number of aryl methyl sites for hydroxylation is 2. The predicted molar refractivity (Wildman–Crippen MR) is 182 cm³/mol. The minimum Gasteiger partial charge on any atom is -0.444 e. The predicted octanol–water partition coefficient (Wildman–Crippen LogP) is 5.41. The number of fused-ring (bicyclic) bond motifs is 10. The highest BCUT2D eigenvalue weighted by Crippen LogP contribution is 2.45. The molecule has 4 amide bonds. The number of hydrogen-bond donors (Lipinski definition) is 4. The van der Waals surface area contributed by atoms with Crippen LogP contribution in [0.25, 0.3) is 43.6 Å². The van der Waals surface area contributed by atoms with Gasteiger partial charge in [-0.25, -0.2) is 4.79 Å². The summed E-state index contributed by atoms with van der Waals surface area (Å²) in [6, 6.07) is 14.7. The van der Waals surface area contributed by atoms with Crippen molar-refractivity contribution in [2.75, 3.05) is 0 Å². The number of H-pyrrole nitrogens is 1. The van der Waals surface area contributed by atoms with E-state index >= 15 is 0 Å². The van der Waals surface area contributed by atoms with E-state index < -0.39 is 23.6 Å². The molecule has 0 saturated heterocycles. The molecule has 3 aromatic heterocycles. The van der Waals surface area contributed by atoms with Gasteiger partial charge in [0, 0.05) is 59.0 Å². The van der Waals surface area contributed by atoms with Gasteiger partial charge in [0.15, 0.2) is 0 Å². The van der Waals surface area contributed by atoms with E-state index in [4.69, 9.17) is 4.74 Å². The summed E-state index contributed by atoms with van der Waals surface area (Å²) < 4.78 is 7.71. The van der Waals surface area contributed by atoms with Crippen LogP contribution in [-0.4, -0.2) is 50.0 Å². The van der Waals surface area contributed by atoms with Gasteiger partial charge in [-0.2, -0.15) is 0 Å². The molecule has 0 aliphatic carbocycles. The first kappa shape index (κ1) is 29.7. The van der Waals surface area contributed by atoms with Crippen molar-refractivity contribution in [2.24, 2.45) is 0 Å². The zero-order valence-electron chi connectivity index (χ0n) is 26.8. The lowest BCUT2D eigenvalue weighted by Gasteiger charge is -2.23. The van der Waals surface area contributed by atoms with Crippen molar-refractivity contribution in [3.63, 3.8) is 0 Å². The molecule has 6 aromatic rings. The fourth-order valence-electron chi connectivity index (χ4n) is 7.30. The van der Waals surface area contributed by atoms with E-state index in [0.29, 0.717) is 11.1 Å².